The Morgan fingerprint density at radius 3 is 2.48 bits per heavy atom. The average molecular weight is 362 g/mol. The van der Waals surface area contributed by atoms with Gasteiger partial charge in [-0.15, -0.1) is 0 Å². The van der Waals surface area contributed by atoms with Gasteiger partial charge in [-0.05, 0) is 63.1 Å². The van der Waals surface area contributed by atoms with Crippen LogP contribution in [0.25, 0.3) is 0 Å². The molecule has 0 atom stereocenters. The number of carbonyl (C=O) groups is 1. The first-order valence-electron chi connectivity index (χ1n) is 8.11. The topological polar surface area (TPSA) is 76.4 Å². The predicted octanol–water partition coefficient (Wildman–Crippen LogP) is 4.92. The van der Waals surface area contributed by atoms with E-state index in [9.17, 15) is 4.79 Å². The van der Waals surface area contributed by atoms with Gasteiger partial charge >= 0.3 is 6.09 Å². The van der Waals surface area contributed by atoms with Gasteiger partial charge < -0.3 is 15.8 Å². The van der Waals surface area contributed by atoms with Crippen molar-refractivity contribution in [1.29, 1.82) is 0 Å². The van der Waals surface area contributed by atoms with E-state index in [0.29, 0.717) is 17.9 Å². The van der Waals surface area contributed by atoms with Crippen LogP contribution in [0.4, 0.5) is 21.9 Å². The molecule has 0 aliphatic heterocycles. The summed E-state index contributed by atoms with van der Waals surface area (Å²) < 4.78 is 5.25. The molecular formula is C19H24ClN3O2. The van der Waals surface area contributed by atoms with E-state index in [4.69, 9.17) is 22.1 Å². The SMILES string of the molecule is CC(C)(C)OC(=O)Nc1ccc(N)c(NCCc2ccc(Cl)cc2)c1. The zero-order chi connectivity index (χ0) is 18.4. The third-order valence-corrected chi connectivity index (χ3v) is 3.59. The highest BCUT2D eigenvalue weighted by Crippen LogP contribution is 2.23. The number of nitrogen functional groups attached to an aromatic ring is 1. The summed E-state index contributed by atoms with van der Waals surface area (Å²) in [6.07, 6.45) is 0.338. The van der Waals surface area contributed by atoms with Gasteiger partial charge in [0.05, 0.1) is 11.4 Å². The second-order valence-corrected chi connectivity index (χ2v) is 7.17. The number of rotatable bonds is 5. The van der Waals surface area contributed by atoms with Crippen molar-refractivity contribution < 1.29 is 9.53 Å². The van der Waals surface area contributed by atoms with Crippen LogP contribution in [0.1, 0.15) is 26.3 Å². The lowest BCUT2D eigenvalue weighted by Gasteiger charge is -2.20. The van der Waals surface area contributed by atoms with Gasteiger partial charge in [0.15, 0.2) is 0 Å². The van der Waals surface area contributed by atoms with Crippen LogP contribution in [0.3, 0.4) is 0 Å². The Labute approximate surface area is 153 Å². The van der Waals surface area contributed by atoms with Crippen molar-refractivity contribution in [3.63, 3.8) is 0 Å². The maximum Gasteiger partial charge on any atom is 0.412 e. The average Bonchev–Trinajstić information content (AvgIpc) is 2.50. The standard InChI is InChI=1S/C19H24ClN3O2/c1-19(2,3)25-18(24)23-15-8-9-16(21)17(12-15)22-11-10-13-4-6-14(20)7-5-13/h4-9,12,22H,10-11,21H2,1-3H3,(H,23,24). The molecule has 0 fully saturated rings. The molecule has 2 aromatic carbocycles. The van der Waals surface area contributed by atoms with Crippen molar-refractivity contribution in [1.82, 2.24) is 0 Å². The molecule has 4 N–H and O–H groups in total. The monoisotopic (exact) mass is 361 g/mol. The second kappa shape index (κ2) is 8.12. The van der Waals surface area contributed by atoms with E-state index in [1.54, 1.807) is 18.2 Å². The fourth-order valence-corrected chi connectivity index (χ4v) is 2.33. The Morgan fingerprint density at radius 2 is 1.84 bits per heavy atom. The molecule has 134 valence electrons. The largest absolute Gasteiger partial charge is 0.444 e. The number of hydrogen-bond acceptors (Lipinski definition) is 4. The summed E-state index contributed by atoms with van der Waals surface area (Å²) in [4.78, 5) is 11.9. The minimum absolute atomic E-state index is 0.496. The van der Waals surface area contributed by atoms with Gasteiger partial charge in [-0.1, -0.05) is 23.7 Å². The number of anilines is 3. The lowest BCUT2D eigenvalue weighted by atomic mass is 10.1. The van der Waals surface area contributed by atoms with E-state index in [1.807, 2.05) is 45.0 Å². The maximum atomic E-state index is 11.9. The Balaban J connectivity index is 1.94. The van der Waals surface area contributed by atoms with Gasteiger partial charge in [0.25, 0.3) is 0 Å². The third kappa shape index (κ3) is 6.55. The number of amides is 1. The minimum Gasteiger partial charge on any atom is -0.444 e. The Kier molecular flexibility index (Phi) is 6.15. The van der Waals surface area contributed by atoms with E-state index < -0.39 is 11.7 Å². The first-order chi connectivity index (χ1) is 11.7. The summed E-state index contributed by atoms with van der Waals surface area (Å²) in [7, 11) is 0. The fraction of sp³-hybridized carbons (Fsp3) is 0.316. The molecule has 0 unspecified atom stereocenters. The zero-order valence-corrected chi connectivity index (χ0v) is 15.5. The molecule has 2 rings (SSSR count). The molecule has 0 aliphatic rings. The van der Waals surface area contributed by atoms with Crippen LogP contribution < -0.4 is 16.4 Å². The molecule has 0 saturated heterocycles. The smallest absolute Gasteiger partial charge is 0.412 e. The lowest BCUT2D eigenvalue weighted by Crippen LogP contribution is -2.27. The molecule has 0 saturated carbocycles. The summed E-state index contributed by atoms with van der Waals surface area (Å²) in [6.45, 7) is 6.17. The van der Waals surface area contributed by atoms with Crippen molar-refractivity contribution in [2.24, 2.45) is 0 Å². The molecule has 0 bridgehead atoms. The van der Waals surface area contributed by atoms with E-state index in [0.717, 1.165) is 17.1 Å². The van der Waals surface area contributed by atoms with Crippen LogP contribution in [0, 0.1) is 0 Å². The van der Waals surface area contributed by atoms with Crippen LogP contribution in [0.5, 0.6) is 0 Å². The van der Waals surface area contributed by atoms with Crippen LogP contribution in [-0.4, -0.2) is 18.2 Å². The highest BCUT2D eigenvalue weighted by molar-refractivity contribution is 6.30. The van der Waals surface area contributed by atoms with Crippen molar-refractivity contribution in [2.75, 3.05) is 22.9 Å². The van der Waals surface area contributed by atoms with Crippen molar-refractivity contribution in [3.8, 4) is 0 Å². The van der Waals surface area contributed by atoms with Crippen molar-refractivity contribution in [3.05, 3.63) is 53.1 Å². The molecule has 2 aromatic rings. The molecule has 0 spiro atoms. The molecule has 6 heteroatoms. The summed E-state index contributed by atoms with van der Waals surface area (Å²) in [5, 5.41) is 6.72. The van der Waals surface area contributed by atoms with E-state index in [2.05, 4.69) is 10.6 Å². The highest BCUT2D eigenvalue weighted by atomic mass is 35.5. The van der Waals surface area contributed by atoms with E-state index in [1.165, 1.54) is 5.56 Å². The second-order valence-electron chi connectivity index (χ2n) is 6.73. The fourth-order valence-electron chi connectivity index (χ4n) is 2.20. The molecular weight excluding hydrogens is 338 g/mol. The predicted molar refractivity (Wildman–Crippen MR) is 104 cm³/mol. The Hall–Kier alpha value is -2.40. The number of carbonyl (C=O) groups excluding carboxylic acids is 1. The van der Waals surface area contributed by atoms with Crippen LogP contribution in [0.15, 0.2) is 42.5 Å². The number of benzene rings is 2. The minimum atomic E-state index is -0.544. The van der Waals surface area contributed by atoms with Crippen LogP contribution in [-0.2, 0) is 11.2 Å². The van der Waals surface area contributed by atoms with E-state index in [-0.39, 0.29) is 0 Å². The quantitative estimate of drug-likeness (QED) is 0.660. The molecule has 25 heavy (non-hydrogen) atoms. The number of nitrogens with one attached hydrogen (secondary N) is 2. The summed E-state index contributed by atoms with van der Waals surface area (Å²) in [6, 6.07) is 13.0. The highest BCUT2D eigenvalue weighted by Gasteiger charge is 2.16. The van der Waals surface area contributed by atoms with Gasteiger partial charge in [-0.2, -0.15) is 0 Å². The molecule has 0 aromatic heterocycles. The first kappa shape index (κ1) is 18.9. The zero-order valence-electron chi connectivity index (χ0n) is 14.7. The van der Waals surface area contributed by atoms with E-state index >= 15 is 0 Å². The number of ether oxygens (including phenoxy) is 1. The van der Waals surface area contributed by atoms with Crippen LogP contribution >= 0.6 is 11.6 Å². The number of nitrogens with two attached hydrogens (primary N) is 1. The van der Waals surface area contributed by atoms with Gasteiger partial charge in [0, 0.05) is 17.3 Å². The Morgan fingerprint density at radius 1 is 1.16 bits per heavy atom. The maximum absolute atomic E-state index is 11.9. The van der Waals surface area contributed by atoms with Gasteiger partial charge in [0.2, 0.25) is 0 Å². The number of hydrogen-bond donors (Lipinski definition) is 3. The molecule has 5 nitrogen and oxygen atoms in total. The molecule has 0 heterocycles. The first-order valence-corrected chi connectivity index (χ1v) is 8.48. The number of halogens is 1. The lowest BCUT2D eigenvalue weighted by molar-refractivity contribution is 0.0636. The van der Waals surface area contributed by atoms with Crippen LogP contribution in [0.2, 0.25) is 5.02 Å². The molecule has 1 amide bonds. The van der Waals surface area contributed by atoms with Gasteiger partial charge in [0.1, 0.15) is 5.60 Å². The normalized spacial score (nSPS) is 11.0. The molecule has 0 aliphatic carbocycles. The summed E-state index contributed by atoms with van der Waals surface area (Å²) in [5.41, 5.74) is 8.64. The summed E-state index contributed by atoms with van der Waals surface area (Å²) in [5.74, 6) is 0. The van der Waals surface area contributed by atoms with Gasteiger partial charge in [-0.25, -0.2) is 4.79 Å². The Bertz CT molecular complexity index is 724. The van der Waals surface area contributed by atoms with Crippen molar-refractivity contribution >= 4 is 34.8 Å². The van der Waals surface area contributed by atoms with Gasteiger partial charge in [-0.3, -0.25) is 5.32 Å². The van der Waals surface area contributed by atoms with Crippen molar-refractivity contribution in [2.45, 2.75) is 32.8 Å². The third-order valence-electron chi connectivity index (χ3n) is 3.34. The molecule has 0 radical (unpaired) electrons. The summed E-state index contributed by atoms with van der Waals surface area (Å²) >= 11 is 5.88.